The Hall–Kier alpha value is -1.66. The number of halogens is 1. The molecule has 0 fully saturated rings. The molecule has 1 aromatic carbocycles. The number of rotatable bonds is 4. The fourth-order valence-corrected chi connectivity index (χ4v) is 1.65. The zero-order valence-electron chi connectivity index (χ0n) is 10.1. The lowest BCUT2D eigenvalue weighted by Gasteiger charge is -2.19. The fourth-order valence-electron chi connectivity index (χ4n) is 1.48. The molecule has 0 aliphatic rings. The fraction of sp³-hybridized carbons (Fsp3) is 0.364. The van der Waals surface area contributed by atoms with Crippen LogP contribution in [0.15, 0.2) is 18.2 Å². The molecule has 0 unspecified atom stereocenters. The van der Waals surface area contributed by atoms with Crippen molar-refractivity contribution >= 4 is 23.2 Å². The molecule has 0 radical (unpaired) electrons. The van der Waals surface area contributed by atoms with E-state index in [1.54, 1.807) is 14.0 Å². The lowest BCUT2D eigenvalue weighted by Crippen LogP contribution is -2.39. The standard InChI is InChI=1S/C11H14ClN3O3/c1-7(13)11(16)14(2)6-8-5-9(15(17)18)3-4-10(8)12/h3-5,7H,6,13H2,1-2H3/t7-/m1/s1. The highest BCUT2D eigenvalue weighted by atomic mass is 35.5. The summed E-state index contributed by atoms with van der Waals surface area (Å²) in [6.45, 7) is 1.76. The van der Waals surface area contributed by atoms with E-state index in [2.05, 4.69) is 0 Å². The summed E-state index contributed by atoms with van der Waals surface area (Å²) >= 11 is 5.94. The number of benzene rings is 1. The van der Waals surface area contributed by atoms with Gasteiger partial charge in [-0.2, -0.15) is 0 Å². The van der Waals surface area contributed by atoms with Gasteiger partial charge in [-0.3, -0.25) is 14.9 Å². The number of nitrogens with zero attached hydrogens (tertiary/aromatic N) is 2. The third-order valence-electron chi connectivity index (χ3n) is 2.41. The van der Waals surface area contributed by atoms with Crippen LogP contribution in [0.25, 0.3) is 0 Å². The molecular formula is C11H14ClN3O3. The Bertz CT molecular complexity index is 477. The monoisotopic (exact) mass is 271 g/mol. The van der Waals surface area contributed by atoms with E-state index in [0.717, 1.165) is 0 Å². The van der Waals surface area contributed by atoms with Crippen LogP contribution in [0, 0.1) is 10.1 Å². The van der Waals surface area contributed by atoms with Crippen LogP contribution in [0.5, 0.6) is 0 Å². The van der Waals surface area contributed by atoms with Crippen molar-refractivity contribution in [1.82, 2.24) is 4.90 Å². The first-order valence-corrected chi connectivity index (χ1v) is 5.64. The highest BCUT2D eigenvalue weighted by molar-refractivity contribution is 6.31. The van der Waals surface area contributed by atoms with Gasteiger partial charge < -0.3 is 10.6 Å². The maximum atomic E-state index is 11.6. The Kier molecular flexibility index (Phi) is 4.63. The Balaban J connectivity index is 2.93. The van der Waals surface area contributed by atoms with Crippen molar-refractivity contribution in [3.8, 4) is 0 Å². The number of nitro benzene ring substituents is 1. The molecule has 1 aromatic rings. The number of likely N-dealkylation sites (N-methyl/N-ethyl adjacent to an activating group) is 1. The van der Waals surface area contributed by atoms with E-state index in [0.29, 0.717) is 10.6 Å². The Labute approximate surface area is 109 Å². The molecule has 7 heteroatoms. The molecule has 1 rings (SSSR count). The molecule has 18 heavy (non-hydrogen) atoms. The number of amides is 1. The van der Waals surface area contributed by atoms with Crippen LogP contribution in [-0.2, 0) is 11.3 Å². The van der Waals surface area contributed by atoms with Gasteiger partial charge in [0.1, 0.15) is 0 Å². The normalized spacial score (nSPS) is 12.0. The average Bonchev–Trinajstić information content (AvgIpc) is 2.30. The maximum Gasteiger partial charge on any atom is 0.269 e. The molecule has 0 aliphatic heterocycles. The summed E-state index contributed by atoms with van der Waals surface area (Å²) in [5.74, 6) is -0.252. The van der Waals surface area contributed by atoms with E-state index in [4.69, 9.17) is 17.3 Å². The zero-order chi connectivity index (χ0) is 13.9. The van der Waals surface area contributed by atoms with E-state index in [1.807, 2.05) is 0 Å². The SMILES string of the molecule is C[C@@H](N)C(=O)N(C)Cc1cc([N+](=O)[O-])ccc1Cl. The van der Waals surface area contributed by atoms with Crippen molar-refractivity contribution < 1.29 is 9.72 Å². The molecule has 0 spiro atoms. The molecule has 2 N–H and O–H groups in total. The third-order valence-corrected chi connectivity index (χ3v) is 2.78. The minimum Gasteiger partial charge on any atom is -0.340 e. The summed E-state index contributed by atoms with van der Waals surface area (Å²) in [6.07, 6.45) is 0. The second kappa shape index (κ2) is 5.79. The molecule has 0 aliphatic carbocycles. The summed E-state index contributed by atoms with van der Waals surface area (Å²) in [6, 6.07) is 3.50. The van der Waals surface area contributed by atoms with Crippen molar-refractivity contribution in [2.24, 2.45) is 5.73 Å². The van der Waals surface area contributed by atoms with Gasteiger partial charge >= 0.3 is 0 Å². The number of carbonyl (C=O) groups is 1. The predicted octanol–water partition coefficient (Wildman–Crippen LogP) is 1.55. The van der Waals surface area contributed by atoms with Crippen LogP contribution in [0.3, 0.4) is 0 Å². The molecule has 1 atom stereocenters. The number of nitro groups is 1. The van der Waals surface area contributed by atoms with E-state index in [1.165, 1.54) is 23.1 Å². The van der Waals surface area contributed by atoms with Crippen LogP contribution in [0.4, 0.5) is 5.69 Å². The summed E-state index contributed by atoms with van der Waals surface area (Å²) in [5, 5.41) is 11.0. The first kappa shape index (κ1) is 14.4. The van der Waals surface area contributed by atoms with Crippen molar-refractivity contribution in [3.63, 3.8) is 0 Å². The molecule has 0 aromatic heterocycles. The van der Waals surface area contributed by atoms with Crippen LogP contribution in [0.2, 0.25) is 5.02 Å². The second-order valence-corrected chi connectivity index (χ2v) is 4.42. The Morgan fingerprint density at radius 1 is 1.61 bits per heavy atom. The van der Waals surface area contributed by atoms with Gasteiger partial charge in [-0.1, -0.05) is 11.6 Å². The number of nitrogens with two attached hydrogens (primary N) is 1. The Morgan fingerprint density at radius 3 is 2.72 bits per heavy atom. The number of hydrogen-bond acceptors (Lipinski definition) is 4. The first-order chi connectivity index (χ1) is 8.32. The first-order valence-electron chi connectivity index (χ1n) is 5.26. The predicted molar refractivity (Wildman–Crippen MR) is 68.2 cm³/mol. The van der Waals surface area contributed by atoms with E-state index in [-0.39, 0.29) is 18.1 Å². The van der Waals surface area contributed by atoms with E-state index >= 15 is 0 Å². The topological polar surface area (TPSA) is 89.5 Å². The molecule has 98 valence electrons. The highest BCUT2D eigenvalue weighted by Gasteiger charge is 2.16. The summed E-state index contributed by atoms with van der Waals surface area (Å²) < 4.78 is 0. The van der Waals surface area contributed by atoms with Crippen molar-refractivity contribution in [1.29, 1.82) is 0 Å². The smallest absolute Gasteiger partial charge is 0.269 e. The minimum atomic E-state index is -0.618. The number of non-ortho nitro benzene ring substituents is 1. The molecular weight excluding hydrogens is 258 g/mol. The molecule has 0 saturated heterocycles. The molecule has 0 heterocycles. The molecule has 0 bridgehead atoms. The maximum absolute atomic E-state index is 11.6. The molecule has 6 nitrogen and oxygen atoms in total. The third kappa shape index (κ3) is 3.41. The van der Waals surface area contributed by atoms with Crippen LogP contribution < -0.4 is 5.73 Å². The summed E-state index contributed by atoms with van der Waals surface area (Å²) in [7, 11) is 1.57. The van der Waals surface area contributed by atoms with Gasteiger partial charge in [0, 0.05) is 30.7 Å². The Morgan fingerprint density at radius 2 is 2.22 bits per heavy atom. The lowest BCUT2D eigenvalue weighted by atomic mass is 10.2. The second-order valence-electron chi connectivity index (χ2n) is 4.02. The van der Waals surface area contributed by atoms with Crippen molar-refractivity contribution in [3.05, 3.63) is 38.9 Å². The van der Waals surface area contributed by atoms with Crippen LogP contribution in [-0.4, -0.2) is 28.8 Å². The van der Waals surface area contributed by atoms with Gasteiger partial charge in [0.2, 0.25) is 5.91 Å². The molecule has 1 amide bonds. The van der Waals surface area contributed by atoms with Crippen LogP contribution in [0.1, 0.15) is 12.5 Å². The van der Waals surface area contributed by atoms with Gasteiger partial charge in [-0.25, -0.2) is 0 Å². The van der Waals surface area contributed by atoms with Crippen LogP contribution >= 0.6 is 11.6 Å². The van der Waals surface area contributed by atoms with Gasteiger partial charge in [-0.05, 0) is 18.6 Å². The van der Waals surface area contributed by atoms with Gasteiger partial charge in [0.15, 0.2) is 0 Å². The van der Waals surface area contributed by atoms with E-state index < -0.39 is 11.0 Å². The van der Waals surface area contributed by atoms with E-state index in [9.17, 15) is 14.9 Å². The number of carbonyl (C=O) groups excluding carboxylic acids is 1. The van der Waals surface area contributed by atoms with Crippen molar-refractivity contribution in [2.75, 3.05) is 7.05 Å². The highest BCUT2D eigenvalue weighted by Crippen LogP contribution is 2.23. The minimum absolute atomic E-state index is 0.0592. The van der Waals surface area contributed by atoms with Crippen molar-refractivity contribution in [2.45, 2.75) is 19.5 Å². The zero-order valence-corrected chi connectivity index (χ0v) is 10.8. The molecule has 0 saturated carbocycles. The largest absolute Gasteiger partial charge is 0.340 e. The van der Waals surface area contributed by atoms with Gasteiger partial charge in [-0.15, -0.1) is 0 Å². The summed E-state index contributed by atoms with van der Waals surface area (Å²) in [5.41, 5.74) is 5.93. The number of hydrogen-bond donors (Lipinski definition) is 1. The van der Waals surface area contributed by atoms with Gasteiger partial charge in [0.25, 0.3) is 5.69 Å². The average molecular weight is 272 g/mol. The van der Waals surface area contributed by atoms with Gasteiger partial charge in [0.05, 0.1) is 11.0 Å². The summed E-state index contributed by atoms with van der Waals surface area (Å²) in [4.78, 5) is 23.1. The quantitative estimate of drug-likeness (QED) is 0.665. The lowest BCUT2D eigenvalue weighted by molar-refractivity contribution is -0.384.